The molecule has 1 aliphatic rings. The van der Waals surface area contributed by atoms with Gasteiger partial charge in [0.15, 0.2) is 0 Å². The van der Waals surface area contributed by atoms with E-state index < -0.39 is 0 Å². The molecule has 0 unspecified atom stereocenters. The van der Waals surface area contributed by atoms with Gasteiger partial charge in [-0.05, 0) is 18.9 Å². The van der Waals surface area contributed by atoms with E-state index in [0.29, 0.717) is 12.2 Å². The third-order valence-corrected chi connectivity index (χ3v) is 3.02. The first-order valence-corrected chi connectivity index (χ1v) is 5.69. The van der Waals surface area contributed by atoms with Crippen LogP contribution in [0.2, 0.25) is 0 Å². The minimum Gasteiger partial charge on any atom is -0.336 e. The van der Waals surface area contributed by atoms with Crippen molar-refractivity contribution in [1.29, 1.82) is 0 Å². The molecule has 2 rings (SSSR count). The normalized spacial score (nSPS) is 20.4. The Morgan fingerprint density at radius 3 is 2.94 bits per heavy atom. The van der Waals surface area contributed by atoms with E-state index in [9.17, 15) is 4.79 Å². The predicted molar refractivity (Wildman–Crippen MR) is 61.1 cm³/mol. The second-order valence-electron chi connectivity index (χ2n) is 4.30. The third-order valence-electron chi connectivity index (χ3n) is 3.02. The zero-order valence-corrected chi connectivity index (χ0v) is 9.81. The maximum atomic E-state index is 12.2. The summed E-state index contributed by atoms with van der Waals surface area (Å²) in [4.78, 5) is 14.0. The molecule has 0 saturated carbocycles. The van der Waals surface area contributed by atoms with Gasteiger partial charge < -0.3 is 10.6 Å². The van der Waals surface area contributed by atoms with E-state index in [1.54, 1.807) is 9.58 Å². The number of rotatable bonds is 2. The molecular weight excluding hydrogens is 204 g/mol. The summed E-state index contributed by atoms with van der Waals surface area (Å²) in [6, 6.07) is 1.99. The number of nitrogens with two attached hydrogens (primary N) is 1. The van der Waals surface area contributed by atoms with Crippen LogP contribution in [-0.2, 0) is 13.5 Å². The number of nitrogens with zero attached hydrogens (tertiary/aromatic N) is 3. The molecule has 0 aromatic carbocycles. The van der Waals surface area contributed by atoms with Crippen LogP contribution in [0.25, 0.3) is 0 Å². The summed E-state index contributed by atoms with van der Waals surface area (Å²) < 4.78 is 1.66. The SMILES string of the molecule is CCc1cc(C(=O)N2CC[C@@H](N)C2)n(C)n1. The van der Waals surface area contributed by atoms with Gasteiger partial charge in [-0.2, -0.15) is 5.10 Å². The topological polar surface area (TPSA) is 64.2 Å². The third kappa shape index (κ3) is 1.95. The molecule has 0 spiro atoms. The second-order valence-corrected chi connectivity index (χ2v) is 4.30. The molecule has 1 atom stereocenters. The molecule has 1 aromatic heterocycles. The van der Waals surface area contributed by atoms with Crippen molar-refractivity contribution < 1.29 is 4.79 Å². The molecule has 5 heteroatoms. The molecule has 0 aliphatic carbocycles. The van der Waals surface area contributed by atoms with Crippen molar-refractivity contribution in [2.75, 3.05) is 13.1 Å². The first-order valence-electron chi connectivity index (χ1n) is 5.69. The quantitative estimate of drug-likeness (QED) is 0.775. The van der Waals surface area contributed by atoms with E-state index in [1.807, 2.05) is 20.0 Å². The van der Waals surface area contributed by atoms with Crippen molar-refractivity contribution in [3.8, 4) is 0 Å². The first-order chi connectivity index (χ1) is 7.61. The van der Waals surface area contributed by atoms with Crippen LogP contribution in [0, 0.1) is 0 Å². The Bertz CT molecular complexity index is 399. The van der Waals surface area contributed by atoms with Crippen LogP contribution < -0.4 is 5.73 Å². The summed E-state index contributed by atoms with van der Waals surface area (Å²) in [7, 11) is 1.81. The summed E-state index contributed by atoms with van der Waals surface area (Å²) in [6.07, 6.45) is 1.74. The van der Waals surface area contributed by atoms with Gasteiger partial charge in [0.2, 0.25) is 0 Å². The van der Waals surface area contributed by atoms with E-state index >= 15 is 0 Å². The van der Waals surface area contributed by atoms with E-state index in [4.69, 9.17) is 5.73 Å². The Morgan fingerprint density at radius 2 is 2.44 bits per heavy atom. The first kappa shape index (κ1) is 11.1. The molecular formula is C11H18N4O. The van der Waals surface area contributed by atoms with Crippen LogP contribution in [0.3, 0.4) is 0 Å². The van der Waals surface area contributed by atoms with Crippen LogP contribution in [0.5, 0.6) is 0 Å². The van der Waals surface area contributed by atoms with Gasteiger partial charge in [-0.15, -0.1) is 0 Å². The van der Waals surface area contributed by atoms with Gasteiger partial charge in [0, 0.05) is 26.2 Å². The van der Waals surface area contributed by atoms with Crippen LogP contribution in [0.15, 0.2) is 6.07 Å². The fourth-order valence-corrected chi connectivity index (χ4v) is 2.03. The van der Waals surface area contributed by atoms with Gasteiger partial charge in [-0.3, -0.25) is 9.48 Å². The summed E-state index contributed by atoms with van der Waals surface area (Å²) in [5.74, 6) is 0.0441. The highest BCUT2D eigenvalue weighted by Crippen LogP contribution is 2.13. The fourth-order valence-electron chi connectivity index (χ4n) is 2.03. The van der Waals surface area contributed by atoms with Gasteiger partial charge in [-0.25, -0.2) is 0 Å². The van der Waals surface area contributed by atoms with Crippen molar-refractivity contribution in [2.45, 2.75) is 25.8 Å². The lowest BCUT2D eigenvalue weighted by Gasteiger charge is -2.15. The maximum Gasteiger partial charge on any atom is 0.272 e. The highest BCUT2D eigenvalue weighted by Gasteiger charge is 2.26. The Hall–Kier alpha value is -1.36. The van der Waals surface area contributed by atoms with Gasteiger partial charge in [0.1, 0.15) is 5.69 Å². The standard InChI is InChI=1S/C11H18N4O/c1-3-9-6-10(14(2)13-9)11(16)15-5-4-8(12)7-15/h6,8H,3-5,7,12H2,1-2H3/t8-/m1/s1. The lowest BCUT2D eigenvalue weighted by molar-refractivity contribution is 0.0780. The highest BCUT2D eigenvalue weighted by molar-refractivity contribution is 5.92. The lowest BCUT2D eigenvalue weighted by Crippen LogP contribution is -2.33. The molecule has 1 fully saturated rings. The Kier molecular flexibility index (Phi) is 2.96. The number of amides is 1. The molecule has 1 aliphatic heterocycles. The minimum atomic E-state index is 0.0441. The number of aryl methyl sites for hydroxylation is 2. The zero-order chi connectivity index (χ0) is 11.7. The average molecular weight is 222 g/mol. The number of hydrogen-bond donors (Lipinski definition) is 1. The van der Waals surface area contributed by atoms with Crippen molar-refractivity contribution in [3.05, 3.63) is 17.5 Å². The molecule has 2 N–H and O–H groups in total. The van der Waals surface area contributed by atoms with Gasteiger partial charge >= 0.3 is 0 Å². The lowest BCUT2D eigenvalue weighted by atomic mass is 10.3. The molecule has 1 amide bonds. The Labute approximate surface area is 95.2 Å². The van der Waals surface area contributed by atoms with Crippen LogP contribution in [0.4, 0.5) is 0 Å². The van der Waals surface area contributed by atoms with Crippen LogP contribution >= 0.6 is 0 Å². The molecule has 1 aromatic rings. The van der Waals surface area contributed by atoms with Gasteiger partial charge in [0.05, 0.1) is 5.69 Å². The number of likely N-dealkylation sites (tertiary alicyclic amines) is 1. The monoisotopic (exact) mass is 222 g/mol. The van der Waals surface area contributed by atoms with Crippen molar-refractivity contribution in [2.24, 2.45) is 12.8 Å². The van der Waals surface area contributed by atoms with E-state index in [2.05, 4.69) is 5.10 Å². The number of carbonyl (C=O) groups excluding carboxylic acids is 1. The fraction of sp³-hybridized carbons (Fsp3) is 0.636. The Morgan fingerprint density at radius 1 is 1.69 bits per heavy atom. The molecule has 0 bridgehead atoms. The van der Waals surface area contributed by atoms with E-state index in [-0.39, 0.29) is 11.9 Å². The summed E-state index contributed by atoms with van der Waals surface area (Å²) in [5, 5.41) is 4.28. The largest absolute Gasteiger partial charge is 0.336 e. The van der Waals surface area contributed by atoms with Crippen molar-refractivity contribution in [3.63, 3.8) is 0 Å². The Balaban J connectivity index is 2.17. The summed E-state index contributed by atoms with van der Waals surface area (Å²) >= 11 is 0. The number of carbonyl (C=O) groups is 1. The van der Waals surface area contributed by atoms with E-state index in [0.717, 1.165) is 25.1 Å². The smallest absolute Gasteiger partial charge is 0.272 e. The predicted octanol–water partition coefficient (Wildman–Crippen LogP) is 0.156. The zero-order valence-electron chi connectivity index (χ0n) is 9.81. The maximum absolute atomic E-state index is 12.2. The van der Waals surface area contributed by atoms with Crippen molar-refractivity contribution in [1.82, 2.24) is 14.7 Å². The molecule has 0 radical (unpaired) electrons. The highest BCUT2D eigenvalue weighted by atomic mass is 16.2. The van der Waals surface area contributed by atoms with Gasteiger partial charge in [-0.1, -0.05) is 6.92 Å². The molecule has 88 valence electrons. The number of aromatic nitrogens is 2. The van der Waals surface area contributed by atoms with Crippen LogP contribution in [-0.4, -0.2) is 39.7 Å². The average Bonchev–Trinajstić information content (AvgIpc) is 2.83. The second kappa shape index (κ2) is 4.25. The van der Waals surface area contributed by atoms with Crippen LogP contribution in [0.1, 0.15) is 29.5 Å². The number of hydrogen-bond acceptors (Lipinski definition) is 3. The van der Waals surface area contributed by atoms with Crippen molar-refractivity contribution >= 4 is 5.91 Å². The summed E-state index contributed by atoms with van der Waals surface area (Å²) in [5.41, 5.74) is 7.41. The van der Waals surface area contributed by atoms with Gasteiger partial charge in [0.25, 0.3) is 5.91 Å². The minimum absolute atomic E-state index is 0.0441. The molecule has 1 saturated heterocycles. The molecule has 5 nitrogen and oxygen atoms in total. The molecule has 16 heavy (non-hydrogen) atoms. The molecule has 2 heterocycles. The van der Waals surface area contributed by atoms with E-state index in [1.165, 1.54) is 0 Å². The summed E-state index contributed by atoms with van der Waals surface area (Å²) in [6.45, 7) is 3.44.